The first-order valence-electron chi connectivity index (χ1n) is 10.1. The van der Waals surface area contributed by atoms with Crippen LogP contribution in [0.3, 0.4) is 0 Å². The van der Waals surface area contributed by atoms with Crippen LogP contribution in [-0.2, 0) is 16.0 Å². The van der Waals surface area contributed by atoms with Crippen LogP contribution >= 0.6 is 0 Å². The number of likely N-dealkylation sites (tertiary alicyclic amines) is 1. The van der Waals surface area contributed by atoms with E-state index in [2.05, 4.69) is 12.1 Å². The normalized spacial score (nSPS) is 20.0. The molecule has 1 aromatic carbocycles. The molecule has 1 saturated heterocycles. The quantitative estimate of drug-likeness (QED) is 0.810. The van der Waals surface area contributed by atoms with Crippen molar-refractivity contribution in [3.8, 4) is 0 Å². The molecule has 2 amide bonds. The van der Waals surface area contributed by atoms with E-state index in [1.165, 1.54) is 10.5 Å². The number of ether oxygens (including phenoxy) is 1. The van der Waals surface area contributed by atoms with Crippen molar-refractivity contribution in [2.45, 2.75) is 58.1 Å². The summed E-state index contributed by atoms with van der Waals surface area (Å²) in [6.07, 6.45) is 3.00. The van der Waals surface area contributed by atoms with Gasteiger partial charge in [-0.1, -0.05) is 30.3 Å². The molecule has 1 heterocycles. The Balaban J connectivity index is 2.07. The number of hydrogen-bond donors (Lipinski definition) is 1. The summed E-state index contributed by atoms with van der Waals surface area (Å²) in [5.74, 6) is 0.236. The number of piperidine rings is 1. The van der Waals surface area contributed by atoms with Crippen molar-refractivity contribution in [1.29, 1.82) is 0 Å². The number of carbonyl (C=O) groups is 2. The van der Waals surface area contributed by atoms with Crippen molar-refractivity contribution in [1.82, 2.24) is 9.80 Å². The van der Waals surface area contributed by atoms with E-state index in [1.54, 1.807) is 11.9 Å². The molecule has 1 fully saturated rings. The van der Waals surface area contributed by atoms with Crippen LogP contribution in [0.2, 0.25) is 0 Å². The molecule has 6 heteroatoms. The fraction of sp³-hybridized carbons (Fsp3) is 0.636. The van der Waals surface area contributed by atoms with Gasteiger partial charge < -0.3 is 14.7 Å². The van der Waals surface area contributed by atoms with E-state index >= 15 is 0 Å². The summed E-state index contributed by atoms with van der Waals surface area (Å²) in [6, 6.07) is 9.78. The lowest BCUT2D eigenvalue weighted by Crippen LogP contribution is -2.55. The van der Waals surface area contributed by atoms with E-state index in [4.69, 9.17) is 4.74 Å². The zero-order valence-corrected chi connectivity index (χ0v) is 17.6. The number of likely N-dealkylation sites (N-methyl/N-ethyl adjacent to an activating group) is 1. The standard InChI is InChI=1S/C22H34N2O4/c1-22(2,3)28-21(27)24-13-12-18(11-10-17-8-6-5-7-9-17)16-19(24)20(26)23(4)14-15-25/h5-9,18-19,25H,10-16H2,1-4H3. The molecule has 0 saturated carbocycles. The summed E-state index contributed by atoms with van der Waals surface area (Å²) in [5, 5.41) is 9.18. The number of aryl methyl sites for hydroxylation is 1. The van der Waals surface area contributed by atoms with Gasteiger partial charge in [-0.05, 0) is 57.9 Å². The topological polar surface area (TPSA) is 70.1 Å². The summed E-state index contributed by atoms with van der Waals surface area (Å²) in [5.41, 5.74) is 0.684. The molecular formula is C22H34N2O4. The van der Waals surface area contributed by atoms with Crippen molar-refractivity contribution in [3.05, 3.63) is 35.9 Å². The van der Waals surface area contributed by atoms with Crippen LogP contribution in [0.5, 0.6) is 0 Å². The van der Waals surface area contributed by atoms with Crippen LogP contribution in [0.15, 0.2) is 30.3 Å². The van der Waals surface area contributed by atoms with Gasteiger partial charge in [-0.3, -0.25) is 9.69 Å². The van der Waals surface area contributed by atoms with Crippen LogP contribution in [-0.4, -0.2) is 65.3 Å². The Morgan fingerprint density at radius 1 is 1.25 bits per heavy atom. The van der Waals surface area contributed by atoms with Crippen molar-refractivity contribution in [3.63, 3.8) is 0 Å². The van der Waals surface area contributed by atoms with Crippen molar-refractivity contribution in [2.75, 3.05) is 26.7 Å². The minimum atomic E-state index is -0.605. The monoisotopic (exact) mass is 390 g/mol. The first-order valence-corrected chi connectivity index (χ1v) is 10.1. The van der Waals surface area contributed by atoms with Gasteiger partial charge in [-0.15, -0.1) is 0 Å². The highest BCUT2D eigenvalue weighted by molar-refractivity contribution is 5.86. The molecule has 1 aliphatic rings. The molecule has 0 aromatic heterocycles. The summed E-state index contributed by atoms with van der Waals surface area (Å²) < 4.78 is 5.53. The Kier molecular flexibility index (Phi) is 7.87. The van der Waals surface area contributed by atoms with Gasteiger partial charge in [-0.25, -0.2) is 4.79 Å². The number of amides is 2. The Morgan fingerprint density at radius 3 is 2.54 bits per heavy atom. The minimum absolute atomic E-state index is 0.0984. The van der Waals surface area contributed by atoms with E-state index < -0.39 is 17.7 Å². The molecule has 2 atom stereocenters. The van der Waals surface area contributed by atoms with E-state index in [0.717, 1.165) is 19.3 Å². The number of aliphatic hydroxyl groups excluding tert-OH is 1. The average Bonchev–Trinajstić information content (AvgIpc) is 2.65. The van der Waals surface area contributed by atoms with Crippen LogP contribution in [0.1, 0.15) is 45.6 Å². The zero-order chi connectivity index (χ0) is 20.7. The Morgan fingerprint density at radius 2 is 1.93 bits per heavy atom. The van der Waals surface area contributed by atoms with Crippen molar-refractivity contribution in [2.24, 2.45) is 5.92 Å². The van der Waals surface area contributed by atoms with Gasteiger partial charge in [0.25, 0.3) is 0 Å². The van der Waals surface area contributed by atoms with Crippen LogP contribution in [0.25, 0.3) is 0 Å². The lowest BCUT2D eigenvalue weighted by atomic mass is 9.86. The molecule has 2 unspecified atom stereocenters. The maximum Gasteiger partial charge on any atom is 0.410 e. The van der Waals surface area contributed by atoms with Gasteiger partial charge in [0, 0.05) is 20.1 Å². The molecule has 1 aromatic rings. The SMILES string of the molecule is CN(CCO)C(=O)C1CC(CCc2ccccc2)CCN1C(=O)OC(C)(C)C. The zero-order valence-electron chi connectivity index (χ0n) is 17.6. The van der Waals surface area contributed by atoms with Gasteiger partial charge in [0.05, 0.1) is 6.61 Å². The van der Waals surface area contributed by atoms with Crippen molar-refractivity contribution < 1.29 is 19.4 Å². The Bertz CT molecular complexity index is 642. The molecule has 2 rings (SSSR count). The summed E-state index contributed by atoms with van der Waals surface area (Å²) >= 11 is 0. The number of nitrogens with zero attached hydrogens (tertiary/aromatic N) is 2. The highest BCUT2D eigenvalue weighted by atomic mass is 16.6. The number of rotatable bonds is 6. The third-order valence-corrected chi connectivity index (χ3v) is 5.12. The predicted octanol–water partition coefficient (Wildman–Crippen LogP) is 3.09. The molecule has 1 N–H and O–H groups in total. The Hall–Kier alpha value is -2.08. The third-order valence-electron chi connectivity index (χ3n) is 5.12. The van der Waals surface area contributed by atoms with Crippen molar-refractivity contribution >= 4 is 12.0 Å². The summed E-state index contributed by atoms with van der Waals surface area (Å²) in [4.78, 5) is 28.7. The average molecular weight is 391 g/mol. The molecule has 1 aliphatic heterocycles. The molecule has 0 spiro atoms. The molecular weight excluding hydrogens is 356 g/mol. The van der Waals surface area contributed by atoms with Gasteiger partial charge in [0.2, 0.25) is 5.91 Å². The Labute approximate surface area is 168 Å². The van der Waals surface area contributed by atoms with E-state index in [-0.39, 0.29) is 19.1 Å². The molecule has 0 bridgehead atoms. The van der Waals surface area contributed by atoms with Gasteiger partial charge >= 0.3 is 6.09 Å². The smallest absolute Gasteiger partial charge is 0.410 e. The fourth-order valence-electron chi connectivity index (χ4n) is 3.60. The van der Waals surface area contributed by atoms with E-state index in [1.807, 2.05) is 39.0 Å². The predicted molar refractivity (Wildman–Crippen MR) is 109 cm³/mol. The second kappa shape index (κ2) is 9.92. The second-order valence-electron chi connectivity index (χ2n) is 8.59. The van der Waals surface area contributed by atoms with E-state index in [9.17, 15) is 14.7 Å². The van der Waals surface area contributed by atoms with Crippen LogP contribution in [0, 0.1) is 5.92 Å². The number of carbonyl (C=O) groups excluding carboxylic acids is 2. The highest BCUT2D eigenvalue weighted by Crippen LogP contribution is 2.29. The molecule has 0 aliphatic carbocycles. The lowest BCUT2D eigenvalue weighted by molar-refractivity contribution is -0.138. The second-order valence-corrected chi connectivity index (χ2v) is 8.59. The van der Waals surface area contributed by atoms with Gasteiger partial charge in [0.1, 0.15) is 11.6 Å². The van der Waals surface area contributed by atoms with Crippen LogP contribution < -0.4 is 0 Å². The summed E-state index contributed by atoms with van der Waals surface area (Å²) in [7, 11) is 1.67. The number of hydrogen-bond acceptors (Lipinski definition) is 4. The highest BCUT2D eigenvalue weighted by Gasteiger charge is 2.39. The molecule has 28 heavy (non-hydrogen) atoms. The summed E-state index contributed by atoms with van der Waals surface area (Å²) in [6.45, 7) is 6.15. The maximum atomic E-state index is 13.0. The number of benzene rings is 1. The number of aliphatic hydroxyl groups is 1. The van der Waals surface area contributed by atoms with Gasteiger partial charge in [0.15, 0.2) is 0 Å². The van der Waals surface area contributed by atoms with Crippen LogP contribution in [0.4, 0.5) is 4.79 Å². The maximum absolute atomic E-state index is 13.0. The molecule has 6 nitrogen and oxygen atoms in total. The lowest BCUT2D eigenvalue weighted by Gasteiger charge is -2.40. The van der Waals surface area contributed by atoms with E-state index in [0.29, 0.717) is 18.9 Å². The largest absolute Gasteiger partial charge is 0.444 e. The first kappa shape index (κ1) is 22.2. The van der Waals surface area contributed by atoms with Gasteiger partial charge in [-0.2, -0.15) is 0 Å². The first-order chi connectivity index (χ1) is 13.2. The molecule has 156 valence electrons. The minimum Gasteiger partial charge on any atom is -0.444 e. The third kappa shape index (κ3) is 6.51. The fourth-order valence-corrected chi connectivity index (χ4v) is 3.60. The molecule has 0 radical (unpaired) electrons.